The number of benzene rings is 1. The van der Waals surface area contributed by atoms with E-state index >= 15 is 0 Å². The molecule has 0 aromatic heterocycles. The second-order valence-corrected chi connectivity index (χ2v) is 4.91. The molecule has 96 valence electrons. The van der Waals surface area contributed by atoms with Gasteiger partial charge in [-0.1, -0.05) is 50.4 Å². The Hall–Kier alpha value is -0.730. The molecule has 0 aliphatic heterocycles. The van der Waals surface area contributed by atoms with Gasteiger partial charge in [0.2, 0.25) is 0 Å². The van der Waals surface area contributed by atoms with Gasteiger partial charge >= 0.3 is 0 Å². The van der Waals surface area contributed by atoms with Crippen LogP contribution in [0.15, 0.2) is 24.3 Å². The highest BCUT2D eigenvalue weighted by Crippen LogP contribution is 2.28. The van der Waals surface area contributed by atoms with Crippen molar-refractivity contribution in [2.24, 2.45) is 0 Å². The maximum absolute atomic E-state index is 9.65. The molecule has 1 rings (SSSR count). The zero-order chi connectivity index (χ0) is 12.7. The molecule has 0 heterocycles. The largest absolute Gasteiger partial charge is 0.394 e. The van der Waals surface area contributed by atoms with Gasteiger partial charge in [0.1, 0.15) is 0 Å². The van der Waals surface area contributed by atoms with Crippen LogP contribution in [0.5, 0.6) is 0 Å². The number of aliphatic hydroxyl groups excluding tert-OH is 1. The van der Waals surface area contributed by atoms with Crippen molar-refractivity contribution in [2.45, 2.75) is 45.1 Å². The first-order chi connectivity index (χ1) is 8.17. The summed E-state index contributed by atoms with van der Waals surface area (Å²) in [7, 11) is 0. The Bertz CT molecular complexity index is 337. The van der Waals surface area contributed by atoms with Crippen molar-refractivity contribution in [3.8, 4) is 0 Å². The first-order valence-corrected chi connectivity index (χ1v) is 6.69. The van der Waals surface area contributed by atoms with Gasteiger partial charge in [-0.2, -0.15) is 0 Å². The van der Waals surface area contributed by atoms with Crippen LogP contribution in [0.4, 0.5) is 5.69 Å². The standard InChI is InChI=1S/C14H22ClNO/c1-3-5-10-14(4-2,11-17)16-13-9-7-6-8-12(13)15/h6-9,16-17H,3-5,10-11H2,1-2H3. The maximum Gasteiger partial charge on any atom is 0.0661 e. The number of halogens is 1. The number of rotatable bonds is 7. The average Bonchev–Trinajstić information content (AvgIpc) is 2.37. The Labute approximate surface area is 109 Å². The van der Waals surface area contributed by atoms with Crippen LogP contribution in [0, 0.1) is 0 Å². The fourth-order valence-electron chi connectivity index (χ4n) is 1.92. The molecule has 1 atom stereocenters. The van der Waals surface area contributed by atoms with Crippen molar-refractivity contribution in [3.63, 3.8) is 0 Å². The lowest BCUT2D eigenvalue weighted by molar-refractivity contribution is 0.195. The van der Waals surface area contributed by atoms with E-state index in [-0.39, 0.29) is 12.1 Å². The van der Waals surface area contributed by atoms with Crippen LogP contribution in [0.1, 0.15) is 39.5 Å². The van der Waals surface area contributed by atoms with E-state index < -0.39 is 0 Å². The first kappa shape index (κ1) is 14.3. The van der Waals surface area contributed by atoms with Crippen LogP contribution in [0.3, 0.4) is 0 Å². The SMILES string of the molecule is CCCCC(CC)(CO)Nc1ccccc1Cl. The van der Waals surface area contributed by atoms with Crippen molar-refractivity contribution in [2.75, 3.05) is 11.9 Å². The van der Waals surface area contributed by atoms with E-state index in [1.54, 1.807) is 0 Å². The molecule has 0 aliphatic rings. The molecule has 17 heavy (non-hydrogen) atoms. The predicted octanol–water partition coefficient (Wildman–Crippen LogP) is 4.08. The quantitative estimate of drug-likeness (QED) is 0.769. The van der Waals surface area contributed by atoms with Crippen LogP contribution in [-0.2, 0) is 0 Å². The highest BCUT2D eigenvalue weighted by atomic mass is 35.5. The third kappa shape index (κ3) is 3.90. The summed E-state index contributed by atoms with van der Waals surface area (Å²) < 4.78 is 0. The zero-order valence-electron chi connectivity index (χ0n) is 10.7. The molecule has 0 radical (unpaired) electrons. The van der Waals surface area contributed by atoms with E-state index in [1.807, 2.05) is 24.3 Å². The van der Waals surface area contributed by atoms with Crippen LogP contribution in [-0.4, -0.2) is 17.3 Å². The summed E-state index contributed by atoms with van der Waals surface area (Å²) in [5.41, 5.74) is 0.655. The minimum atomic E-state index is -0.249. The van der Waals surface area contributed by atoms with Gasteiger partial charge in [-0.05, 0) is 25.0 Å². The molecule has 0 saturated heterocycles. The van der Waals surface area contributed by atoms with Crippen molar-refractivity contribution >= 4 is 17.3 Å². The van der Waals surface area contributed by atoms with Gasteiger partial charge in [0.25, 0.3) is 0 Å². The summed E-state index contributed by atoms with van der Waals surface area (Å²) >= 11 is 6.13. The zero-order valence-corrected chi connectivity index (χ0v) is 11.4. The average molecular weight is 256 g/mol. The van der Waals surface area contributed by atoms with E-state index in [0.29, 0.717) is 5.02 Å². The van der Waals surface area contributed by atoms with E-state index in [9.17, 15) is 5.11 Å². The molecule has 2 nitrogen and oxygen atoms in total. The molecule has 0 amide bonds. The Balaban J connectivity index is 2.82. The Morgan fingerprint density at radius 2 is 2.00 bits per heavy atom. The molecule has 0 spiro atoms. The van der Waals surface area contributed by atoms with E-state index in [2.05, 4.69) is 19.2 Å². The normalized spacial score (nSPS) is 14.4. The molecular formula is C14H22ClNO. The van der Waals surface area contributed by atoms with Crippen LogP contribution >= 0.6 is 11.6 Å². The van der Waals surface area contributed by atoms with Crippen LogP contribution < -0.4 is 5.32 Å². The lowest BCUT2D eigenvalue weighted by Crippen LogP contribution is -2.41. The van der Waals surface area contributed by atoms with Crippen LogP contribution in [0.25, 0.3) is 0 Å². The fraction of sp³-hybridized carbons (Fsp3) is 0.571. The molecule has 1 aromatic carbocycles. The van der Waals surface area contributed by atoms with E-state index in [1.165, 1.54) is 0 Å². The van der Waals surface area contributed by atoms with Crippen molar-refractivity contribution in [1.82, 2.24) is 0 Å². The molecule has 0 bridgehead atoms. The summed E-state index contributed by atoms with van der Waals surface area (Å²) in [6, 6.07) is 7.67. The Morgan fingerprint density at radius 1 is 1.29 bits per heavy atom. The monoisotopic (exact) mass is 255 g/mol. The molecule has 0 fully saturated rings. The van der Waals surface area contributed by atoms with Gasteiger partial charge in [0, 0.05) is 0 Å². The van der Waals surface area contributed by atoms with Gasteiger partial charge in [0.15, 0.2) is 0 Å². The molecular weight excluding hydrogens is 234 g/mol. The van der Waals surface area contributed by atoms with Crippen molar-refractivity contribution in [3.05, 3.63) is 29.3 Å². The molecule has 1 unspecified atom stereocenters. The smallest absolute Gasteiger partial charge is 0.0661 e. The summed E-state index contributed by atoms with van der Waals surface area (Å²) in [5, 5.41) is 13.8. The Kier molecular flexibility index (Phi) is 5.79. The lowest BCUT2D eigenvalue weighted by Gasteiger charge is -2.33. The second kappa shape index (κ2) is 6.87. The minimum absolute atomic E-state index is 0.134. The van der Waals surface area contributed by atoms with Gasteiger partial charge in [-0.3, -0.25) is 0 Å². The highest BCUT2D eigenvalue weighted by Gasteiger charge is 2.26. The fourth-order valence-corrected chi connectivity index (χ4v) is 2.10. The molecule has 1 aromatic rings. The number of nitrogens with one attached hydrogen (secondary N) is 1. The topological polar surface area (TPSA) is 32.3 Å². The van der Waals surface area contributed by atoms with Crippen molar-refractivity contribution in [1.29, 1.82) is 0 Å². The highest BCUT2D eigenvalue weighted by molar-refractivity contribution is 6.33. The number of anilines is 1. The van der Waals surface area contributed by atoms with Gasteiger partial charge in [-0.25, -0.2) is 0 Å². The number of aliphatic hydroxyl groups is 1. The maximum atomic E-state index is 9.65. The van der Waals surface area contributed by atoms with Gasteiger partial charge in [-0.15, -0.1) is 0 Å². The number of hydrogen-bond acceptors (Lipinski definition) is 2. The van der Waals surface area contributed by atoms with Gasteiger partial charge in [0.05, 0.1) is 22.9 Å². The third-order valence-corrected chi connectivity index (χ3v) is 3.59. The van der Waals surface area contributed by atoms with Gasteiger partial charge < -0.3 is 10.4 Å². The predicted molar refractivity (Wildman–Crippen MR) is 74.7 cm³/mol. The molecule has 2 N–H and O–H groups in total. The number of para-hydroxylation sites is 1. The minimum Gasteiger partial charge on any atom is -0.394 e. The Morgan fingerprint density at radius 3 is 2.53 bits per heavy atom. The summed E-state index contributed by atoms with van der Waals surface area (Å²) in [5.74, 6) is 0. The summed E-state index contributed by atoms with van der Waals surface area (Å²) in [4.78, 5) is 0. The van der Waals surface area contributed by atoms with Crippen molar-refractivity contribution < 1.29 is 5.11 Å². The van der Waals surface area contributed by atoms with E-state index in [4.69, 9.17) is 11.6 Å². The number of hydrogen-bond donors (Lipinski definition) is 2. The van der Waals surface area contributed by atoms with Crippen LogP contribution in [0.2, 0.25) is 5.02 Å². The summed E-state index contributed by atoms with van der Waals surface area (Å²) in [6.45, 7) is 4.39. The molecule has 0 saturated carbocycles. The third-order valence-electron chi connectivity index (χ3n) is 3.26. The molecule has 0 aliphatic carbocycles. The number of unbranched alkanes of at least 4 members (excludes halogenated alkanes) is 1. The van der Waals surface area contributed by atoms with E-state index in [0.717, 1.165) is 31.4 Å². The summed E-state index contributed by atoms with van der Waals surface area (Å²) in [6.07, 6.45) is 4.08. The second-order valence-electron chi connectivity index (χ2n) is 4.50. The first-order valence-electron chi connectivity index (χ1n) is 6.31. The lowest BCUT2D eigenvalue weighted by atomic mass is 9.90. The molecule has 3 heteroatoms.